The third-order valence-corrected chi connectivity index (χ3v) is 7.64. The lowest BCUT2D eigenvalue weighted by molar-refractivity contribution is -0.141. The highest BCUT2D eigenvalue weighted by molar-refractivity contribution is 7.89. The number of ether oxygens (including phenoxy) is 3. The van der Waals surface area contributed by atoms with Crippen LogP contribution in [0.2, 0.25) is 0 Å². The number of esters is 1. The van der Waals surface area contributed by atoms with E-state index in [4.69, 9.17) is 14.2 Å². The smallest absolute Gasteiger partial charge is 0.307 e. The highest BCUT2D eigenvalue weighted by Gasteiger charge is 2.38. The molecule has 32 heavy (non-hydrogen) atoms. The van der Waals surface area contributed by atoms with Gasteiger partial charge in [0.15, 0.2) is 11.5 Å². The van der Waals surface area contributed by atoms with Gasteiger partial charge in [0.1, 0.15) is 0 Å². The SMILES string of the molecule is COC(=O)C[C@H]1c2cc(OC)c(OC)cc2CCN1S(=O)(=O)c1ccc(CC(C)C)cc1. The quantitative estimate of drug-likeness (QED) is 0.557. The number of carbonyl (C=O) groups excluding carboxylic acids is 1. The molecule has 1 heterocycles. The highest BCUT2D eigenvalue weighted by Crippen LogP contribution is 2.41. The van der Waals surface area contributed by atoms with Gasteiger partial charge < -0.3 is 14.2 Å². The fraction of sp³-hybridized carbons (Fsp3) is 0.458. The largest absolute Gasteiger partial charge is 0.493 e. The molecule has 3 rings (SSSR count). The topological polar surface area (TPSA) is 82.1 Å². The van der Waals surface area contributed by atoms with Crippen molar-refractivity contribution >= 4 is 16.0 Å². The van der Waals surface area contributed by atoms with Crippen LogP contribution in [0.25, 0.3) is 0 Å². The average Bonchev–Trinajstić information content (AvgIpc) is 2.77. The van der Waals surface area contributed by atoms with Crippen molar-refractivity contribution in [3.05, 3.63) is 53.1 Å². The lowest BCUT2D eigenvalue weighted by atomic mass is 9.91. The van der Waals surface area contributed by atoms with Crippen molar-refractivity contribution in [1.29, 1.82) is 0 Å². The molecule has 8 heteroatoms. The van der Waals surface area contributed by atoms with Crippen LogP contribution in [-0.4, -0.2) is 46.6 Å². The summed E-state index contributed by atoms with van der Waals surface area (Å²) < 4.78 is 44.3. The zero-order valence-electron chi connectivity index (χ0n) is 19.3. The molecule has 0 unspecified atom stereocenters. The van der Waals surface area contributed by atoms with E-state index in [9.17, 15) is 13.2 Å². The molecule has 0 aliphatic carbocycles. The number of sulfonamides is 1. The van der Waals surface area contributed by atoms with E-state index in [0.717, 1.165) is 23.1 Å². The Morgan fingerprint density at radius 1 is 1.06 bits per heavy atom. The Labute approximate surface area is 190 Å². The summed E-state index contributed by atoms with van der Waals surface area (Å²) in [6.45, 7) is 4.49. The maximum atomic E-state index is 13.6. The predicted octanol–water partition coefficient (Wildman–Crippen LogP) is 3.75. The monoisotopic (exact) mass is 461 g/mol. The molecule has 2 aromatic rings. The number of hydrogen-bond acceptors (Lipinski definition) is 6. The number of hydrogen-bond donors (Lipinski definition) is 0. The highest BCUT2D eigenvalue weighted by atomic mass is 32.2. The van der Waals surface area contributed by atoms with E-state index in [2.05, 4.69) is 13.8 Å². The van der Waals surface area contributed by atoms with E-state index in [-0.39, 0.29) is 17.9 Å². The number of benzene rings is 2. The number of carbonyl (C=O) groups is 1. The van der Waals surface area contributed by atoms with Crippen LogP contribution < -0.4 is 9.47 Å². The first-order valence-corrected chi connectivity index (χ1v) is 12.1. The van der Waals surface area contributed by atoms with Gasteiger partial charge in [-0.2, -0.15) is 4.31 Å². The van der Waals surface area contributed by atoms with Gasteiger partial charge in [-0.15, -0.1) is 0 Å². The molecule has 174 valence electrons. The van der Waals surface area contributed by atoms with Crippen molar-refractivity contribution in [3.63, 3.8) is 0 Å². The fourth-order valence-electron chi connectivity index (χ4n) is 4.15. The van der Waals surface area contributed by atoms with Gasteiger partial charge in [-0.25, -0.2) is 8.42 Å². The Hall–Kier alpha value is -2.58. The molecular formula is C24H31NO6S. The van der Waals surface area contributed by atoms with Gasteiger partial charge in [0, 0.05) is 6.54 Å². The molecular weight excluding hydrogens is 430 g/mol. The molecule has 0 aromatic heterocycles. The van der Waals surface area contributed by atoms with Crippen LogP contribution in [-0.2, 0) is 32.4 Å². The molecule has 1 atom stereocenters. The van der Waals surface area contributed by atoms with E-state index in [1.807, 2.05) is 18.2 Å². The minimum absolute atomic E-state index is 0.0936. The molecule has 1 aliphatic heterocycles. The van der Waals surface area contributed by atoms with Gasteiger partial charge in [-0.3, -0.25) is 4.79 Å². The Morgan fingerprint density at radius 2 is 1.69 bits per heavy atom. The van der Waals surface area contributed by atoms with Crippen molar-refractivity contribution in [2.45, 2.75) is 44.0 Å². The summed E-state index contributed by atoms with van der Waals surface area (Å²) in [6, 6.07) is 9.91. The lowest BCUT2D eigenvalue weighted by Gasteiger charge is -2.36. The number of nitrogens with zero attached hydrogens (tertiary/aromatic N) is 1. The second-order valence-electron chi connectivity index (χ2n) is 8.31. The minimum atomic E-state index is -3.83. The average molecular weight is 462 g/mol. The van der Waals surface area contributed by atoms with Crippen LogP contribution in [0.15, 0.2) is 41.3 Å². The third kappa shape index (κ3) is 4.91. The summed E-state index contributed by atoms with van der Waals surface area (Å²) in [7, 11) is 0.542. The first-order valence-electron chi connectivity index (χ1n) is 10.6. The standard InChI is InChI=1S/C24H31NO6S/c1-16(2)12-17-6-8-19(9-7-17)32(27,28)25-11-10-18-13-22(29-3)23(30-4)14-20(18)21(25)15-24(26)31-5/h6-9,13-14,16,21H,10-12,15H2,1-5H3/t21-/m0/s1. The zero-order chi connectivity index (χ0) is 23.5. The lowest BCUT2D eigenvalue weighted by Crippen LogP contribution is -2.41. The summed E-state index contributed by atoms with van der Waals surface area (Å²) in [5.41, 5.74) is 2.74. The zero-order valence-corrected chi connectivity index (χ0v) is 20.1. The molecule has 0 saturated heterocycles. The van der Waals surface area contributed by atoms with Gasteiger partial charge in [0.05, 0.1) is 38.7 Å². The first-order chi connectivity index (χ1) is 15.2. The molecule has 0 spiro atoms. The van der Waals surface area contributed by atoms with E-state index < -0.39 is 22.0 Å². The van der Waals surface area contributed by atoms with Crippen LogP contribution in [0, 0.1) is 5.92 Å². The van der Waals surface area contributed by atoms with Gasteiger partial charge in [-0.05, 0) is 59.7 Å². The molecule has 0 N–H and O–H groups in total. The van der Waals surface area contributed by atoms with Gasteiger partial charge >= 0.3 is 5.97 Å². The summed E-state index contributed by atoms with van der Waals surface area (Å²) in [6.07, 6.45) is 1.28. The number of methoxy groups -OCH3 is 3. The number of rotatable bonds is 8. The Balaban J connectivity index is 2.03. The molecule has 0 fully saturated rings. The maximum absolute atomic E-state index is 13.6. The van der Waals surface area contributed by atoms with Crippen molar-refractivity contribution in [2.75, 3.05) is 27.9 Å². The van der Waals surface area contributed by atoms with Crippen molar-refractivity contribution < 1.29 is 27.4 Å². The third-order valence-electron chi connectivity index (χ3n) is 5.72. The predicted molar refractivity (Wildman–Crippen MR) is 121 cm³/mol. The molecule has 0 saturated carbocycles. The first kappa shape index (κ1) is 24.1. The summed E-state index contributed by atoms with van der Waals surface area (Å²) >= 11 is 0. The second kappa shape index (κ2) is 9.92. The van der Waals surface area contributed by atoms with E-state index in [0.29, 0.717) is 23.8 Å². The Kier molecular flexibility index (Phi) is 7.46. The summed E-state index contributed by atoms with van der Waals surface area (Å²) in [5.74, 6) is 1.05. The van der Waals surface area contributed by atoms with Crippen LogP contribution in [0.1, 0.15) is 43.0 Å². The normalized spacial score (nSPS) is 16.5. The molecule has 7 nitrogen and oxygen atoms in total. The van der Waals surface area contributed by atoms with Crippen LogP contribution in [0.3, 0.4) is 0 Å². The van der Waals surface area contributed by atoms with Crippen molar-refractivity contribution in [2.24, 2.45) is 5.92 Å². The molecule has 1 aliphatic rings. The molecule has 2 aromatic carbocycles. The van der Waals surface area contributed by atoms with E-state index in [1.165, 1.54) is 18.5 Å². The second-order valence-corrected chi connectivity index (χ2v) is 10.2. The maximum Gasteiger partial charge on any atom is 0.307 e. The van der Waals surface area contributed by atoms with Gasteiger partial charge in [0.25, 0.3) is 0 Å². The molecule has 0 bridgehead atoms. The summed E-state index contributed by atoms with van der Waals surface area (Å²) in [4.78, 5) is 12.4. The van der Waals surface area contributed by atoms with Crippen molar-refractivity contribution in [3.8, 4) is 11.5 Å². The van der Waals surface area contributed by atoms with Crippen molar-refractivity contribution in [1.82, 2.24) is 4.31 Å². The Morgan fingerprint density at radius 3 is 2.25 bits per heavy atom. The van der Waals surface area contributed by atoms with E-state index >= 15 is 0 Å². The molecule has 0 amide bonds. The van der Waals surface area contributed by atoms with Crippen LogP contribution in [0.4, 0.5) is 0 Å². The fourth-order valence-corrected chi connectivity index (χ4v) is 5.76. The Bertz CT molecular complexity index is 1060. The van der Waals surface area contributed by atoms with Gasteiger partial charge in [0.2, 0.25) is 10.0 Å². The molecule has 0 radical (unpaired) electrons. The number of fused-ring (bicyclic) bond motifs is 1. The van der Waals surface area contributed by atoms with Crippen LogP contribution >= 0.6 is 0 Å². The van der Waals surface area contributed by atoms with Gasteiger partial charge in [-0.1, -0.05) is 26.0 Å². The minimum Gasteiger partial charge on any atom is -0.493 e. The van der Waals surface area contributed by atoms with Crippen LogP contribution in [0.5, 0.6) is 11.5 Å². The summed E-state index contributed by atoms with van der Waals surface area (Å²) in [5, 5.41) is 0. The van der Waals surface area contributed by atoms with E-state index in [1.54, 1.807) is 25.3 Å².